The zero-order valence-electron chi connectivity index (χ0n) is 15.8. The minimum Gasteiger partial charge on any atom is -0.491 e. The number of fused-ring (bicyclic) bond motifs is 3. The Morgan fingerprint density at radius 1 is 1.00 bits per heavy atom. The summed E-state index contributed by atoms with van der Waals surface area (Å²) in [6.07, 6.45) is 0.759. The first-order chi connectivity index (χ1) is 14.2. The number of halogens is 1. The molecule has 1 saturated heterocycles. The molecular weight excluding hydrogens is 390 g/mol. The molecule has 1 amide bonds. The molecule has 3 aromatic rings. The predicted molar refractivity (Wildman–Crippen MR) is 111 cm³/mol. The highest BCUT2D eigenvalue weighted by Gasteiger charge is 2.55. The Hall–Kier alpha value is -2.60. The largest absolute Gasteiger partial charge is 0.491 e. The van der Waals surface area contributed by atoms with Gasteiger partial charge < -0.3 is 19.1 Å². The number of para-hydroxylation sites is 1. The molecule has 1 fully saturated rings. The fraction of sp³-hybridized carbons (Fsp3) is 0.261. The molecule has 0 aliphatic carbocycles. The zero-order chi connectivity index (χ0) is 19.8. The molecule has 2 aliphatic rings. The molecule has 2 aliphatic heterocycles. The number of ether oxygens (including phenoxy) is 3. The van der Waals surface area contributed by atoms with Gasteiger partial charge in [0.05, 0.1) is 30.5 Å². The van der Waals surface area contributed by atoms with E-state index in [1.54, 1.807) is 11.0 Å². The van der Waals surface area contributed by atoms with Crippen molar-refractivity contribution in [1.29, 1.82) is 0 Å². The molecule has 0 unspecified atom stereocenters. The lowest BCUT2D eigenvalue weighted by atomic mass is 10.1. The molecule has 0 N–H and O–H groups in total. The summed E-state index contributed by atoms with van der Waals surface area (Å²) in [6, 6.07) is 19.4. The number of benzene rings is 3. The molecule has 6 heteroatoms. The van der Waals surface area contributed by atoms with Crippen LogP contribution in [0.4, 0.5) is 5.69 Å². The molecule has 0 aromatic heterocycles. The molecular formula is C23H20ClNO4. The quantitative estimate of drug-likeness (QED) is 0.636. The third kappa shape index (κ3) is 2.97. The normalized spacial score (nSPS) is 17.7. The van der Waals surface area contributed by atoms with Crippen LogP contribution in [0.2, 0.25) is 5.02 Å². The third-order valence-corrected chi connectivity index (χ3v) is 5.66. The maximum Gasteiger partial charge on any atom is 0.292 e. The minimum atomic E-state index is -1.39. The molecule has 148 valence electrons. The zero-order valence-corrected chi connectivity index (χ0v) is 16.5. The van der Waals surface area contributed by atoms with Crippen LogP contribution in [0, 0.1) is 0 Å². The molecule has 0 saturated carbocycles. The van der Waals surface area contributed by atoms with Crippen molar-refractivity contribution in [2.75, 3.05) is 31.3 Å². The highest BCUT2D eigenvalue weighted by molar-refractivity contribution is 6.35. The second kappa shape index (κ2) is 7.34. The second-order valence-electron chi connectivity index (χ2n) is 7.09. The Labute approximate surface area is 173 Å². The summed E-state index contributed by atoms with van der Waals surface area (Å²) in [5.74, 6) is -0.853. The smallest absolute Gasteiger partial charge is 0.292 e. The number of carbonyl (C=O) groups is 1. The topological polar surface area (TPSA) is 48.0 Å². The van der Waals surface area contributed by atoms with E-state index in [4.69, 9.17) is 25.8 Å². The maximum absolute atomic E-state index is 13.3. The number of amides is 1. The summed E-state index contributed by atoms with van der Waals surface area (Å²) in [7, 11) is 0. The Morgan fingerprint density at radius 2 is 1.76 bits per heavy atom. The Bertz CT molecular complexity index is 1070. The van der Waals surface area contributed by atoms with E-state index in [0.717, 1.165) is 22.9 Å². The van der Waals surface area contributed by atoms with Crippen LogP contribution < -0.4 is 9.64 Å². The van der Waals surface area contributed by atoms with Gasteiger partial charge >= 0.3 is 0 Å². The molecule has 2 heterocycles. The fourth-order valence-electron chi connectivity index (χ4n) is 4.04. The van der Waals surface area contributed by atoms with Crippen molar-refractivity contribution >= 4 is 34.0 Å². The molecule has 29 heavy (non-hydrogen) atoms. The molecule has 5 rings (SSSR count). The van der Waals surface area contributed by atoms with Crippen LogP contribution in [-0.2, 0) is 20.1 Å². The van der Waals surface area contributed by atoms with Crippen LogP contribution in [0.1, 0.15) is 12.0 Å². The third-order valence-electron chi connectivity index (χ3n) is 5.36. The van der Waals surface area contributed by atoms with Crippen molar-refractivity contribution in [1.82, 2.24) is 0 Å². The van der Waals surface area contributed by atoms with Crippen LogP contribution in [0.25, 0.3) is 10.8 Å². The molecule has 0 bridgehead atoms. The lowest BCUT2D eigenvalue weighted by Crippen LogP contribution is -2.48. The van der Waals surface area contributed by atoms with Gasteiger partial charge in [-0.2, -0.15) is 0 Å². The van der Waals surface area contributed by atoms with Gasteiger partial charge in [-0.1, -0.05) is 60.1 Å². The van der Waals surface area contributed by atoms with Crippen molar-refractivity contribution in [3.63, 3.8) is 0 Å². The average Bonchev–Trinajstić information content (AvgIpc) is 2.98. The number of carbonyl (C=O) groups excluding carboxylic acids is 1. The van der Waals surface area contributed by atoms with E-state index in [1.165, 1.54) is 0 Å². The van der Waals surface area contributed by atoms with E-state index in [-0.39, 0.29) is 5.91 Å². The molecule has 0 radical (unpaired) electrons. The van der Waals surface area contributed by atoms with Crippen LogP contribution in [0.15, 0.2) is 60.7 Å². The predicted octanol–water partition coefficient (Wildman–Crippen LogP) is 4.51. The SMILES string of the molecule is O=C1N(CCOc2cccc3ccccc23)c2c(Cl)cccc2C12OCCCO2. The van der Waals surface area contributed by atoms with Gasteiger partial charge in [0.2, 0.25) is 0 Å². The molecule has 1 spiro atoms. The lowest BCUT2D eigenvalue weighted by molar-refractivity contribution is -0.256. The van der Waals surface area contributed by atoms with E-state index in [1.807, 2.05) is 54.6 Å². The van der Waals surface area contributed by atoms with Crippen LogP contribution in [-0.4, -0.2) is 32.3 Å². The van der Waals surface area contributed by atoms with Gasteiger partial charge in [-0.3, -0.25) is 4.79 Å². The summed E-state index contributed by atoms with van der Waals surface area (Å²) in [6.45, 7) is 1.60. The van der Waals surface area contributed by atoms with Gasteiger partial charge in [0.1, 0.15) is 12.4 Å². The maximum atomic E-state index is 13.3. The van der Waals surface area contributed by atoms with E-state index in [2.05, 4.69) is 0 Å². The summed E-state index contributed by atoms with van der Waals surface area (Å²) < 4.78 is 17.8. The van der Waals surface area contributed by atoms with Gasteiger partial charge in [0.15, 0.2) is 0 Å². The van der Waals surface area contributed by atoms with Crippen LogP contribution in [0.3, 0.4) is 0 Å². The van der Waals surface area contributed by atoms with Crippen molar-refractivity contribution in [2.45, 2.75) is 12.2 Å². The van der Waals surface area contributed by atoms with E-state index in [9.17, 15) is 4.79 Å². The highest BCUT2D eigenvalue weighted by atomic mass is 35.5. The van der Waals surface area contributed by atoms with Crippen molar-refractivity contribution in [3.8, 4) is 5.75 Å². The van der Waals surface area contributed by atoms with E-state index >= 15 is 0 Å². The van der Waals surface area contributed by atoms with E-state index in [0.29, 0.717) is 42.6 Å². The van der Waals surface area contributed by atoms with Gasteiger partial charge in [0.25, 0.3) is 11.7 Å². The summed E-state index contributed by atoms with van der Waals surface area (Å²) in [5, 5.41) is 2.64. The van der Waals surface area contributed by atoms with Gasteiger partial charge in [-0.05, 0) is 23.9 Å². The molecule has 0 atom stereocenters. The molecule has 5 nitrogen and oxygen atoms in total. The van der Waals surface area contributed by atoms with E-state index < -0.39 is 5.79 Å². The monoisotopic (exact) mass is 409 g/mol. The Balaban J connectivity index is 1.41. The first-order valence-electron chi connectivity index (χ1n) is 9.70. The minimum absolute atomic E-state index is 0.248. The number of hydrogen-bond acceptors (Lipinski definition) is 4. The van der Waals surface area contributed by atoms with Crippen molar-refractivity contribution in [2.24, 2.45) is 0 Å². The van der Waals surface area contributed by atoms with Crippen molar-refractivity contribution in [3.05, 3.63) is 71.2 Å². The number of rotatable bonds is 4. The first kappa shape index (κ1) is 18.4. The highest BCUT2D eigenvalue weighted by Crippen LogP contribution is 2.48. The standard InChI is InChI=1S/C23H20ClNO4/c24-19-10-4-9-18-21(19)25(22(26)23(18)28-13-5-14-29-23)12-15-27-20-11-3-7-16-6-1-2-8-17(16)20/h1-4,6-11H,5,12-15H2. The average molecular weight is 410 g/mol. The number of anilines is 1. The molecule has 3 aromatic carbocycles. The number of hydrogen-bond donors (Lipinski definition) is 0. The summed E-state index contributed by atoms with van der Waals surface area (Å²) in [5.41, 5.74) is 1.31. The fourth-order valence-corrected chi connectivity index (χ4v) is 4.32. The van der Waals surface area contributed by atoms with Gasteiger partial charge in [-0.25, -0.2) is 0 Å². The number of nitrogens with zero attached hydrogens (tertiary/aromatic N) is 1. The van der Waals surface area contributed by atoms with Crippen LogP contribution >= 0.6 is 11.6 Å². The Kier molecular flexibility index (Phi) is 4.66. The van der Waals surface area contributed by atoms with Gasteiger partial charge in [0, 0.05) is 10.9 Å². The lowest BCUT2D eigenvalue weighted by Gasteiger charge is -2.32. The Morgan fingerprint density at radius 3 is 2.62 bits per heavy atom. The van der Waals surface area contributed by atoms with Crippen LogP contribution in [0.5, 0.6) is 5.75 Å². The second-order valence-corrected chi connectivity index (χ2v) is 7.49. The summed E-state index contributed by atoms with van der Waals surface area (Å²) >= 11 is 6.46. The first-order valence-corrected chi connectivity index (χ1v) is 10.1. The van der Waals surface area contributed by atoms with Gasteiger partial charge in [-0.15, -0.1) is 0 Å². The van der Waals surface area contributed by atoms with Crippen molar-refractivity contribution < 1.29 is 19.0 Å². The summed E-state index contributed by atoms with van der Waals surface area (Å²) in [4.78, 5) is 14.9.